The molecule has 0 amide bonds. The first kappa shape index (κ1) is 14.6. The average Bonchev–Trinajstić information content (AvgIpc) is 2.32. The van der Waals surface area contributed by atoms with Gasteiger partial charge in [0.05, 0.1) is 0 Å². The van der Waals surface area contributed by atoms with Gasteiger partial charge in [-0.05, 0) is 24.3 Å². The molecule has 16 heavy (non-hydrogen) atoms. The van der Waals surface area contributed by atoms with Gasteiger partial charge in [-0.3, -0.25) is 4.79 Å². The van der Waals surface area contributed by atoms with Crippen molar-refractivity contribution in [2.75, 3.05) is 0 Å². The molecule has 3 heteroatoms. The van der Waals surface area contributed by atoms with Crippen LogP contribution in [0.3, 0.4) is 0 Å². The summed E-state index contributed by atoms with van der Waals surface area (Å²) in [7, 11) is 0. The van der Waals surface area contributed by atoms with Crippen LogP contribution in [-0.2, 0) is 4.79 Å². The van der Waals surface area contributed by atoms with Gasteiger partial charge in [-0.25, -0.2) is 0 Å². The van der Waals surface area contributed by atoms with Crippen molar-refractivity contribution in [1.82, 2.24) is 6.15 Å². The van der Waals surface area contributed by atoms with E-state index in [-0.39, 0.29) is 12.6 Å². The van der Waals surface area contributed by atoms with Gasteiger partial charge in [0.15, 0.2) is 0 Å². The Hall–Kier alpha value is -1.35. The lowest BCUT2D eigenvalue weighted by Crippen LogP contribution is -2.03. The Morgan fingerprint density at radius 2 is 1.56 bits per heavy atom. The molecule has 2 rings (SSSR count). The minimum atomic E-state index is -0.250. The van der Waals surface area contributed by atoms with Crippen molar-refractivity contribution in [3.63, 3.8) is 0 Å². The van der Waals surface area contributed by atoms with Crippen LogP contribution in [-0.4, -0.2) is 11.6 Å². The van der Waals surface area contributed by atoms with Crippen LogP contribution < -0.4 is 6.15 Å². The molecule has 0 radical (unpaired) electrons. The van der Waals surface area contributed by atoms with Gasteiger partial charge < -0.3 is 11.3 Å². The molecule has 1 saturated carbocycles. The summed E-state index contributed by atoms with van der Waals surface area (Å²) in [4.78, 5) is 8.36. The molecule has 0 aliphatic heterocycles. The molecule has 0 unspecified atom stereocenters. The van der Waals surface area contributed by atoms with Gasteiger partial charge in [0.1, 0.15) is 0 Å². The summed E-state index contributed by atoms with van der Waals surface area (Å²) < 4.78 is 0. The van der Waals surface area contributed by atoms with Crippen LogP contribution in [0.2, 0.25) is 0 Å². The van der Waals surface area contributed by atoms with Crippen molar-refractivity contribution < 1.29 is 9.90 Å². The van der Waals surface area contributed by atoms with Crippen LogP contribution in [0.25, 0.3) is 0 Å². The van der Waals surface area contributed by atoms with E-state index in [0.29, 0.717) is 0 Å². The summed E-state index contributed by atoms with van der Waals surface area (Å²) in [5.74, 6) is 0.861. The molecule has 0 heterocycles. The van der Waals surface area contributed by atoms with E-state index in [1.165, 1.54) is 32.1 Å². The van der Waals surface area contributed by atoms with Crippen molar-refractivity contribution in [3.8, 4) is 0 Å². The minimum absolute atomic E-state index is 0. The van der Waals surface area contributed by atoms with E-state index in [0.717, 1.165) is 5.92 Å². The lowest BCUT2D eigenvalue weighted by Gasteiger charge is -2.21. The molecular formula is C13H21NO2. The zero-order valence-corrected chi connectivity index (χ0v) is 9.64. The lowest BCUT2D eigenvalue weighted by molar-refractivity contribution is -0.122. The summed E-state index contributed by atoms with van der Waals surface area (Å²) in [6, 6.07) is 11.0. The number of hydrogen-bond donors (Lipinski definition) is 2. The minimum Gasteiger partial charge on any atom is -0.483 e. The van der Waals surface area contributed by atoms with Gasteiger partial charge in [0.2, 0.25) is 0 Å². The van der Waals surface area contributed by atoms with E-state index in [1.54, 1.807) is 5.56 Å². The third-order valence-electron chi connectivity index (χ3n) is 2.88. The first-order valence-electron chi connectivity index (χ1n) is 5.51. The first-order chi connectivity index (χ1) is 7.38. The van der Waals surface area contributed by atoms with E-state index in [2.05, 4.69) is 30.3 Å². The fourth-order valence-corrected chi connectivity index (χ4v) is 2.16. The predicted molar refractivity (Wildman–Crippen MR) is 66.0 cm³/mol. The quantitative estimate of drug-likeness (QED) is 0.714. The highest BCUT2D eigenvalue weighted by Gasteiger charge is 2.14. The smallest absolute Gasteiger partial charge is 0.290 e. The SMILES string of the molecule is N.O=CO.c1ccc(C2CCCCC2)cc1. The van der Waals surface area contributed by atoms with Crippen molar-refractivity contribution in [2.45, 2.75) is 38.0 Å². The maximum absolute atomic E-state index is 8.36. The molecule has 3 nitrogen and oxygen atoms in total. The second-order valence-electron chi connectivity index (χ2n) is 3.85. The zero-order valence-electron chi connectivity index (χ0n) is 9.64. The molecule has 0 bridgehead atoms. The van der Waals surface area contributed by atoms with E-state index in [1.807, 2.05) is 0 Å². The Bertz CT molecular complexity index is 269. The molecule has 1 aromatic carbocycles. The highest BCUT2D eigenvalue weighted by molar-refractivity contribution is 5.32. The Morgan fingerprint density at radius 1 is 1.06 bits per heavy atom. The molecule has 90 valence electrons. The van der Waals surface area contributed by atoms with E-state index in [9.17, 15) is 0 Å². The highest BCUT2D eigenvalue weighted by Crippen LogP contribution is 2.31. The van der Waals surface area contributed by atoms with Crippen molar-refractivity contribution >= 4 is 6.47 Å². The van der Waals surface area contributed by atoms with Crippen LogP contribution in [0.4, 0.5) is 0 Å². The molecule has 4 N–H and O–H groups in total. The zero-order chi connectivity index (χ0) is 10.9. The van der Waals surface area contributed by atoms with Gasteiger partial charge >= 0.3 is 0 Å². The summed E-state index contributed by atoms with van der Waals surface area (Å²) in [5.41, 5.74) is 1.55. The van der Waals surface area contributed by atoms with Crippen LogP contribution in [0.1, 0.15) is 43.6 Å². The Balaban J connectivity index is 0.000000511. The highest BCUT2D eigenvalue weighted by atomic mass is 16.3. The summed E-state index contributed by atoms with van der Waals surface area (Å²) in [6.45, 7) is -0.250. The fraction of sp³-hybridized carbons (Fsp3) is 0.462. The van der Waals surface area contributed by atoms with E-state index in [4.69, 9.17) is 9.90 Å². The topological polar surface area (TPSA) is 72.3 Å². The molecule has 0 spiro atoms. The van der Waals surface area contributed by atoms with Crippen LogP contribution >= 0.6 is 0 Å². The second-order valence-corrected chi connectivity index (χ2v) is 3.85. The Labute approximate surface area is 97.1 Å². The third kappa shape index (κ3) is 4.94. The molecule has 1 aliphatic rings. The fourth-order valence-electron chi connectivity index (χ4n) is 2.16. The first-order valence-corrected chi connectivity index (χ1v) is 5.51. The van der Waals surface area contributed by atoms with Crippen molar-refractivity contribution in [1.29, 1.82) is 0 Å². The maximum atomic E-state index is 8.36. The number of hydrogen-bond acceptors (Lipinski definition) is 2. The standard InChI is InChI=1S/C12H16.CH2O2.H3N/c1-3-7-11(8-4-1)12-9-5-2-6-10-12;2-1-3;/h1,3-4,7-8,12H,2,5-6,9-10H2;1H,(H,2,3);1H3. The van der Waals surface area contributed by atoms with Gasteiger partial charge in [-0.1, -0.05) is 49.6 Å². The summed E-state index contributed by atoms with van der Waals surface area (Å²) in [5, 5.41) is 6.89. The van der Waals surface area contributed by atoms with Crippen LogP contribution in [0.15, 0.2) is 30.3 Å². The van der Waals surface area contributed by atoms with Crippen molar-refractivity contribution in [3.05, 3.63) is 35.9 Å². The van der Waals surface area contributed by atoms with Gasteiger partial charge in [0, 0.05) is 0 Å². The Morgan fingerprint density at radius 3 is 2.06 bits per heavy atom. The number of rotatable bonds is 1. The molecule has 1 fully saturated rings. The summed E-state index contributed by atoms with van der Waals surface area (Å²) in [6.07, 6.45) is 7.12. The number of carbonyl (C=O) groups is 1. The summed E-state index contributed by atoms with van der Waals surface area (Å²) >= 11 is 0. The normalized spacial score (nSPS) is 15.2. The van der Waals surface area contributed by atoms with Gasteiger partial charge in [-0.2, -0.15) is 0 Å². The maximum Gasteiger partial charge on any atom is 0.290 e. The Kier molecular flexibility index (Phi) is 8.17. The van der Waals surface area contributed by atoms with Crippen molar-refractivity contribution in [2.24, 2.45) is 0 Å². The number of carboxylic acid groups (broad SMARTS) is 1. The molecular weight excluding hydrogens is 202 g/mol. The monoisotopic (exact) mass is 223 g/mol. The molecule has 0 atom stereocenters. The van der Waals surface area contributed by atoms with E-state index >= 15 is 0 Å². The molecule has 0 saturated heterocycles. The molecule has 0 aromatic heterocycles. The average molecular weight is 223 g/mol. The van der Waals surface area contributed by atoms with E-state index < -0.39 is 0 Å². The van der Waals surface area contributed by atoms with Gasteiger partial charge in [0.25, 0.3) is 6.47 Å². The molecule has 1 aliphatic carbocycles. The molecule has 1 aromatic rings. The lowest BCUT2D eigenvalue weighted by atomic mass is 9.84. The largest absolute Gasteiger partial charge is 0.483 e. The van der Waals surface area contributed by atoms with Gasteiger partial charge in [-0.15, -0.1) is 0 Å². The second kappa shape index (κ2) is 8.92. The van der Waals surface area contributed by atoms with Crippen LogP contribution in [0, 0.1) is 0 Å². The van der Waals surface area contributed by atoms with Crippen LogP contribution in [0.5, 0.6) is 0 Å². The number of benzene rings is 1. The third-order valence-corrected chi connectivity index (χ3v) is 2.88. The predicted octanol–water partition coefficient (Wildman–Crippen LogP) is 3.60.